The molecular weight excluding hydrogens is 419 g/mol. The Bertz CT molecular complexity index is 459. The van der Waals surface area contributed by atoms with Gasteiger partial charge in [-0.25, -0.2) is 0 Å². The van der Waals surface area contributed by atoms with Crippen LogP contribution in [0.4, 0.5) is 0 Å². The summed E-state index contributed by atoms with van der Waals surface area (Å²) >= 11 is 1.87. The van der Waals surface area contributed by atoms with Gasteiger partial charge in [0.05, 0.1) is 0 Å². The lowest BCUT2D eigenvalue weighted by molar-refractivity contribution is 0.237. The van der Waals surface area contributed by atoms with Crippen molar-refractivity contribution >= 4 is 41.3 Å². The van der Waals surface area contributed by atoms with Crippen molar-refractivity contribution in [1.29, 1.82) is 0 Å². The van der Waals surface area contributed by atoms with Gasteiger partial charge in [0.25, 0.3) is 0 Å². The minimum absolute atomic E-state index is 0. The largest absolute Gasteiger partial charge is 0.355 e. The average Bonchev–Trinajstić information content (AvgIpc) is 2.86. The number of guanidine groups is 1. The first-order chi connectivity index (χ1) is 10.5. The molecular formula is C17H33IN4S. The van der Waals surface area contributed by atoms with Crippen LogP contribution in [-0.4, -0.2) is 49.6 Å². The average molecular weight is 452 g/mol. The van der Waals surface area contributed by atoms with E-state index in [1.165, 1.54) is 9.75 Å². The van der Waals surface area contributed by atoms with E-state index in [0.29, 0.717) is 12.1 Å². The molecule has 0 saturated heterocycles. The Labute approximate surface area is 163 Å². The van der Waals surface area contributed by atoms with E-state index in [-0.39, 0.29) is 24.0 Å². The highest BCUT2D eigenvalue weighted by atomic mass is 127. The number of hydrogen-bond acceptors (Lipinski definition) is 3. The second-order valence-electron chi connectivity index (χ2n) is 5.98. The fourth-order valence-electron chi connectivity index (χ4n) is 2.48. The van der Waals surface area contributed by atoms with Gasteiger partial charge in [0, 0.05) is 48.4 Å². The van der Waals surface area contributed by atoms with Gasteiger partial charge in [0.15, 0.2) is 5.96 Å². The molecule has 2 N–H and O–H groups in total. The SMILES string of the molecule is CCN(CCNC(=NC)NC(C)Cc1ccc(C)s1)C(C)C.I. The molecule has 134 valence electrons. The fourth-order valence-corrected chi connectivity index (χ4v) is 3.49. The molecule has 0 saturated carbocycles. The minimum atomic E-state index is 0. The second kappa shape index (κ2) is 12.1. The highest BCUT2D eigenvalue weighted by molar-refractivity contribution is 14.0. The van der Waals surface area contributed by atoms with E-state index < -0.39 is 0 Å². The van der Waals surface area contributed by atoms with Gasteiger partial charge in [-0.05, 0) is 46.4 Å². The van der Waals surface area contributed by atoms with Crippen LogP contribution in [0.1, 0.15) is 37.4 Å². The van der Waals surface area contributed by atoms with Crippen molar-refractivity contribution in [3.05, 3.63) is 21.9 Å². The van der Waals surface area contributed by atoms with Gasteiger partial charge in [0.1, 0.15) is 0 Å². The molecule has 1 unspecified atom stereocenters. The molecule has 1 aromatic rings. The first kappa shape index (κ1) is 22.7. The summed E-state index contributed by atoms with van der Waals surface area (Å²) in [6.07, 6.45) is 1.03. The molecule has 6 heteroatoms. The normalized spacial score (nSPS) is 13.1. The summed E-state index contributed by atoms with van der Waals surface area (Å²) in [5, 5.41) is 6.88. The summed E-state index contributed by atoms with van der Waals surface area (Å²) in [4.78, 5) is 9.56. The van der Waals surface area contributed by atoms with Crippen LogP contribution in [0, 0.1) is 6.92 Å². The molecule has 4 nitrogen and oxygen atoms in total. The summed E-state index contributed by atoms with van der Waals surface area (Å²) < 4.78 is 0. The van der Waals surface area contributed by atoms with E-state index in [1.807, 2.05) is 18.4 Å². The number of halogens is 1. The Morgan fingerprint density at radius 1 is 1.30 bits per heavy atom. The number of rotatable bonds is 8. The maximum atomic E-state index is 4.32. The fraction of sp³-hybridized carbons (Fsp3) is 0.706. The molecule has 1 rings (SSSR count). The number of nitrogens with zero attached hydrogens (tertiary/aromatic N) is 2. The van der Waals surface area contributed by atoms with Gasteiger partial charge >= 0.3 is 0 Å². The first-order valence-corrected chi connectivity index (χ1v) is 9.04. The predicted octanol–water partition coefficient (Wildman–Crippen LogP) is 3.50. The van der Waals surface area contributed by atoms with Crippen molar-refractivity contribution in [2.75, 3.05) is 26.7 Å². The van der Waals surface area contributed by atoms with Gasteiger partial charge in [-0.2, -0.15) is 0 Å². The van der Waals surface area contributed by atoms with Crippen LogP contribution in [0.25, 0.3) is 0 Å². The molecule has 1 atom stereocenters. The molecule has 0 aliphatic heterocycles. The summed E-state index contributed by atoms with van der Waals surface area (Å²) in [5.74, 6) is 0.889. The third-order valence-corrected chi connectivity index (χ3v) is 4.76. The zero-order valence-corrected chi connectivity index (χ0v) is 18.5. The lowest BCUT2D eigenvalue weighted by atomic mass is 10.2. The Kier molecular flexibility index (Phi) is 11.9. The standard InChI is InChI=1S/C17H32N4S.HI/c1-7-21(13(2)3)11-10-19-17(18-6)20-14(4)12-16-9-8-15(5)22-16;/h8-9,13-14H,7,10-12H2,1-6H3,(H2,18,19,20);1H. The van der Waals surface area contributed by atoms with Crippen molar-refractivity contribution in [1.82, 2.24) is 15.5 Å². The molecule has 0 fully saturated rings. The van der Waals surface area contributed by atoms with Crippen LogP contribution >= 0.6 is 35.3 Å². The lowest BCUT2D eigenvalue weighted by Crippen LogP contribution is -2.46. The number of aryl methyl sites for hydroxylation is 1. The predicted molar refractivity (Wildman–Crippen MR) is 115 cm³/mol. The van der Waals surface area contributed by atoms with Crippen molar-refractivity contribution in [2.45, 2.75) is 53.1 Å². The Morgan fingerprint density at radius 3 is 2.48 bits per heavy atom. The molecule has 0 aromatic carbocycles. The van der Waals surface area contributed by atoms with Gasteiger partial charge in [-0.3, -0.25) is 9.89 Å². The maximum absolute atomic E-state index is 4.32. The third-order valence-electron chi connectivity index (χ3n) is 3.74. The van der Waals surface area contributed by atoms with Crippen molar-refractivity contribution in [2.24, 2.45) is 4.99 Å². The van der Waals surface area contributed by atoms with Gasteiger partial charge in [0.2, 0.25) is 0 Å². The number of nitrogens with one attached hydrogen (secondary N) is 2. The smallest absolute Gasteiger partial charge is 0.191 e. The Balaban J connectivity index is 0.00000484. The molecule has 0 radical (unpaired) electrons. The van der Waals surface area contributed by atoms with Crippen LogP contribution in [0.3, 0.4) is 0 Å². The number of aliphatic imine (C=N–C) groups is 1. The number of thiophene rings is 1. The van der Waals surface area contributed by atoms with Crippen molar-refractivity contribution < 1.29 is 0 Å². The monoisotopic (exact) mass is 452 g/mol. The Morgan fingerprint density at radius 2 is 2.00 bits per heavy atom. The van der Waals surface area contributed by atoms with Gasteiger partial charge < -0.3 is 10.6 Å². The van der Waals surface area contributed by atoms with Crippen LogP contribution in [-0.2, 0) is 6.42 Å². The molecule has 0 amide bonds. The number of hydrogen-bond donors (Lipinski definition) is 2. The van der Waals surface area contributed by atoms with Crippen LogP contribution < -0.4 is 10.6 Å². The zero-order valence-electron chi connectivity index (χ0n) is 15.3. The minimum Gasteiger partial charge on any atom is -0.355 e. The molecule has 0 spiro atoms. The summed E-state index contributed by atoms with van der Waals surface area (Å²) in [6, 6.07) is 5.36. The molecule has 1 aromatic heterocycles. The molecule has 0 aliphatic carbocycles. The van der Waals surface area contributed by atoms with Gasteiger partial charge in [-0.1, -0.05) is 6.92 Å². The topological polar surface area (TPSA) is 39.7 Å². The third kappa shape index (κ3) is 8.91. The second-order valence-corrected chi connectivity index (χ2v) is 7.36. The molecule has 0 bridgehead atoms. The van der Waals surface area contributed by atoms with E-state index >= 15 is 0 Å². The van der Waals surface area contributed by atoms with Crippen LogP contribution in [0.15, 0.2) is 17.1 Å². The molecule has 1 heterocycles. The van der Waals surface area contributed by atoms with Crippen LogP contribution in [0.2, 0.25) is 0 Å². The van der Waals surface area contributed by atoms with Gasteiger partial charge in [-0.15, -0.1) is 35.3 Å². The number of likely N-dealkylation sites (N-methyl/N-ethyl adjacent to an activating group) is 1. The van der Waals surface area contributed by atoms with Crippen LogP contribution in [0.5, 0.6) is 0 Å². The summed E-state index contributed by atoms with van der Waals surface area (Å²) in [5.41, 5.74) is 0. The molecule has 23 heavy (non-hydrogen) atoms. The quantitative estimate of drug-likeness (QED) is 0.360. The van der Waals surface area contributed by atoms with Crippen molar-refractivity contribution in [3.63, 3.8) is 0 Å². The summed E-state index contributed by atoms with van der Waals surface area (Å²) in [7, 11) is 1.83. The van der Waals surface area contributed by atoms with E-state index in [2.05, 4.69) is 67.3 Å². The highest BCUT2D eigenvalue weighted by Crippen LogP contribution is 2.16. The zero-order chi connectivity index (χ0) is 16.5. The lowest BCUT2D eigenvalue weighted by Gasteiger charge is -2.25. The summed E-state index contributed by atoms with van der Waals surface area (Å²) in [6.45, 7) is 14.1. The van der Waals surface area contributed by atoms with Crippen molar-refractivity contribution in [3.8, 4) is 0 Å². The van der Waals surface area contributed by atoms with E-state index in [4.69, 9.17) is 0 Å². The van der Waals surface area contributed by atoms with E-state index in [1.54, 1.807) is 0 Å². The van der Waals surface area contributed by atoms with E-state index in [9.17, 15) is 0 Å². The van der Waals surface area contributed by atoms with E-state index in [0.717, 1.165) is 32.0 Å². The Hall–Kier alpha value is -0.340. The highest BCUT2D eigenvalue weighted by Gasteiger charge is 2.09. The first-order valence-electron chi connectivity index (χ1n) is 8.22. The molecule has 0 aliphatic rings. The maximum Gasteiger partial charge on any atom is 0.191 e.